The smallest absolute Gasteiger partial charge is 0.0948 e. The van der Waals surface area contributed by atoms with Crippen LogP contribution in [0.4, 0.5) is 5.69 Å². The molecule has 2 rings (SSSR count). The summed E-state index contributed by atoms with van der Waals surface area (Å²) in [6, 6.07) is 6.39. The Hall–Kier alpha value is -1.06. The normalized spacial score (nSPS) is 16.6. The second kappa shape index (κ2) is 5.51. The van der Waals surface area contributed by atoms with Crippen molar-refractivity contribution in [3.05, 3.63) is 29.3 Å². The monoisotopic (exact) mass is 263 g/mol. The van der Waals surface area contributed by atoms with Crippen molar-refractivity contribution in [3.8, 4) is 0 Å². The standard InChI is InChI=1S/C16H25NO2/c1-12-6-5-7-15-14(12)8-9-17(15)10-13(18)11-19-16(2,3)4/h5-7,13,18H,8-11H2,1-4H3. The predicted molar refractivity (Wildman–Crippen MR) is 78.8 cm³/mol. The van der Waals surface area contributed by atoms with Gasteiger partial charge in [-0.25, -0.2) is 0 Å². The number of hydrogen-bond acceptors (Lipinski definition) is 3. The lowest BCUT2D eigenvalue weighted by molar-refractivity contribution is -0.0462. The van der Waals surface area contributed by atoms with Crippen LogP contribution in [-0.4, -0.2) is 36.5 Å². The van der Waals surface area contributed by atoms with Gasteiger partial charge in [-0.1, -0.05) is 12.1 Å². The number of β-amino-alcohol motifs (C(OH)–C–C–N with tert-alkyl or cyclic N) is 1. The first kappa shape index (κ1) is 14.4. The molecular weight excluding hydrogens is 238 g/mol. The average molecular weight is 263 g/mol. The highest BCUT2D eigenvalue weighted by Crippen LogP contribution is 2.30. The minimum absolute atomic E-state index is 0.194. The minimum Gasteiger partial charge on any atom is -0.389 e. The molecule has 0 saturated heterocycles. The summed E-state index contributed by atoms with van der Waals surface area (Å²) in [7, 11) is 0. The lowest BCUT2D eigenvalue weighted by Crippen LogP contribution is -2.36. The molecule has 0 radical (unpaired) electrons. The van der Waals surface area contributed by atoms with Gasteiger partial charge in [0, 0.05) is 18.8 Å². The second-order valence-corrected chi connectivity index (χ2v) is 6.35. The van der Waals surface area contributed by atoms with E-state index in [1.165, 1.54) is 16.8 Å². The van der Waals surface area contributed by atoms with Gasteiger partial charge in [-0.3, -0.25) is 0 Å². The van der Waals surface area contributed by atoms with Crippen molar-refractivity contribution >= 4 is 5.69 Å². The molecule has 0 saturated carbocycles. The summed E-state index contributed by atoms with van der Waals surface area (Å²) in [6.07, 6.45) is 0.639. The van der Waals surface area contributed by atoms with Gasteiger partial charge in [0.05, 0.1) is 18.3 Å². The Labute approximate surface area is 116 Å². The van der Waals surface area contributed by atoms with Crippen molar-refractivity contribution in [3.63, 3.8) is 0 Å². The Morgan fingerprint density at radius 3 is 2.79 bits per heavy atom. The van der Waals surface area contributed by atoms with Gasteiger partial charge < -0.3 is 14.7 Å². The van der Waals surface area contributed by atoms with E-state index < -0.39 is 6.10 Å². The predicted octanol–water partition coefficient (Wildman–Crippen LogP) is 2.53. The fraction of sp³-hybridized carbons (Fsp3) is 0.625. The topological polar surface area (TPSA) is 32.7 Å². The number of ether oxygens (including phenoxy) is 1. The first-order valence-corrected chi connectivity index (χ1v) is 7.02. The average Bonchev–Trinajstić information content (AvgIpc) is 2.71. The van der Waals surface area contributed by atoms with Crippen molar-refractivity contribution in [2.24, 2.45) is 0 Å². The summed E-state index contributed by atoms with van der Waals surface area (Å²) in [5.41, 5.74) is 3.85. The maximum absolute atomic E-state index is 10.1. The molecule has 0 aliphatic carbocycles. The quantitative estimate of drug-likeness (QED) is 0.906. The highest BCUT2D eigenvalue weighted by Gasteiger charge is 2.23. The van der Waals surface area contributed by atoms with Crippen molar-refractivity contribution < 1.29 is 9.84 Å². The van der Waals surface area contributed by atoms with Crippen LogP contribution in [0.2, 0.25) is 0 Å². The summed E-state index contributed by atoms with van der Waals surface area (Å²) in [6.45, 7) is 10.2. The van der Waals surface area contributed by atoms with Gasteiger partial charge in [-0.2, -0.15) is 0 Å². The van der Waals surface area contributed by atoms with Gasteiger partial charge in [-0.05, 0) is 51.3 Å². The highest BCUT2D eigenvalue weighted by atomic mass is 16.5. The number of aliphatic hydroxyl groups is 1. The molecule has 3 nitrogen and oxygen atoms in total. The number of benzene rings is 1. The van der Waals surface area contributed by atoms with E-state index >= 15 is 0 Å². The fourth-order valence-corrected chi connectivity index (χ4v) is 2.52. The zero-order chi connectivity index (χ0) is 14.0. The summed E-state index contributed by atoms with van der Waals surface area (Å²) in [4.78, 5) is 2.26. The van der Waals surface area contributed by atoms with Crippen LogP contribution >= 0.6 is 0 Å². The van der Waals surface area contributed by atoms with Crippen molar-refractivity contribution in [1.82, 2.24) is 0 Å². The van der Waals surface area contributed by atoms with Crippen LogP contribution in [0.5, 0.6) is 0 Å². The van der Waals surface area contributed by atoms with Gasteiger partial charge in [-0.15, -0.1) is 0 Å². The number of fused-ring (bicyclic) bond motifs is 1. The van der Waals surface area contributed by atoms with Gasteiger partial charge in [0.2, 0.25) is 0 Å². The second-order valence-electron chi connectivity index (χ2n) is 6.35. The molecule has 1 unspecified atom stereocenters. The minimum atomic E-state index is -0.439. The van der Waals surface area contributed by atoms with Crippen LogP contribution in [0.1, 0.15) is 31.9 Å². The van der Waals surface area contributed by atoms with E-state index in [9.17, 15) is 5.11 Å². The summed E-state index contributed by atoms with van der Waals surface area (Å²) in [5.74, 6) is 0. The molecule has 0 bridgehead atoms. The van der Waals surface area contributed by atoms with Gasteiger partial charge >= 0.3 is 0 Å². The Bertz CT molecular complexity index is 437. The molecule has 1 atom stereocenters. The molecule has 1 N–H and O–H groups in total. The van der Waals surface area contributed by atoms with E-state index in [-0.39, 0.29) is 5.60 Å². The van der Waals surface area contributed by atoms with Crippen molar-refractivity contribution in [2.75, 3.05) is 24.6 Å². The SMILES string of the molecule is Cc1cccc2c1CCN2CC(O)COC(C)(C)C. The lowest BCUT2D eigenvalue weighted by atomic mass is 10.1. The zero-order valence-electron chi connectivity index (χ0n) is 12.4. The number of nitrogens with zero attached hydrogens (tertiary/aromatic N) is 1. The molecule has 1 aromatic carbocycles. The number of aryl methyl sites for hydroxylation is 1. The van der Waals surface area contributed by atoms with E-state index in [1.807, 2.05) is 20.8 Å². The Balaban J connectivity index is 1.94. The van der Waals surface area contributed by atoms with E-state index in [4.69, 9.17) is 4.74 Å². The van der Waals surface area contributed by atoms with Crippen LogP contribution in [0, 0.1) is 6.92 Å². The maximum atomic E-state index is 10.1. The Kier molecular flexibility index (Phi) is 4.16. The third-order valence-corrected chi connectivity index (χ3v) is 3.50. The maximum Gasteiger partial charge on any atom is 0.0948 e. The number of anilines is 1. The van der Waals surface area contributed by atoms with Crippen LogP contribution < -0.4 is 4.90 Å². The molecular formula is C16H25NO2. The largest absolute Gasteiger partial charge is 0.389 e. The third kappa shape index (κ3) is 3.71. The molecule has 0 aromatic heterocycles. The molecule has 0 spiro atoms. The number of aliphatic hydroxyl groups excluding tert-OH is 1. The molecule has 0 amide bonds. The highest BCUT2D eigenvalue weighted by molar-refractivity contribution is 5.60. The van der Waals surface area contributed by atoms with Crippen molar-refractivity contribution in [2.45, 2.75) is 45.8 Å². The number of rotatable bonds is 4. The van der Waals surface area contributed by atoms with Crippen LogP contribution in [0.3, 0.4) is 0 Å². The van der Waals surface area contributed by atoms with E-state index in [0.717, 1.165) is 13.0 Å². The summed E-state index contributed by atoms with van der Waals surface area (Å²) in [5, 5.41) is 10.1. The van der Waals surface area contributed by atoms with Gasteiger partial charge in [0.25, 0.3) is 0 Å². The summed E-state index contributed by atoms with van der Waals surface area (Å²) >= 11 is 0. The molecule has 1 aromatic rings. The first-order chi connectivity index (χ1) is 8.87. The Morgan fingerprint density at radius 1 is 1.37 bits per heavy atom. The number of hydrogen-bond donors (Lipinski definition) is 1. The Morgan fingerprint density at radius 2 is 2.11 bits per heavy atom. The molecule has 3 heteroatoms. The molecule has 19 heavy (non-hydrogen) atoms. The van der Waals surface area contributed by atoms with E-state index in [1.54, 1.807) is 0 Å². The summed E-state index contributed by atoms with van der Waals surface area (Å²) < 4.78 is 5.64. The first-order valence-electron chi connectivity index (χ1n) is 7.02. The molecule has 1 aliphatic heterocycles. The fourth-order valence-electron chi connectivity index (χ4n) is 2.52. The van der Waals surface area contributed by atoms with E-state index in [0.29, 0.717) is 13.2 Å². The molecule has 106 valence electrons. The van der Waals surface area contributed by atoms with Crippen LogP contribution in [0.25, 0.3) is 0 Å². The molecule has 1 aliphatic rings. The molecule has 0 fully saturated rings. The third-order valence-electron chi connectivity index (χ3n) is 3.50. The van der Waals surface area contributed by atoms with Gasteiger partial charge in [0.15, 0.2) is 0 Å². The van der Waals surface area contributed by atoms with E-state index in [2.05, 4.69) is 30.0 Å². The van der Waals surface area contributed by atoms with Crippen LogP contribution in [0.15, 0.2) is 18.2 Å². The van der Waals surface area contributed by atoms with Crippen LogP contribution in [-0.2, 0) is 11.2 Å². The van der Waals surface area contributed by atoms with Gasteiger partial charge in [0.1, 0.15) is 0 Å². The lowest BCUT2D eigenvalue weighted by Gasteiger charge is -2.26. The zero-order valence-corrected chi connectivity index (χ0v) is 12.4. The molecule has 1 heterocycles. The van der Waals surface area contributed by atoms with Crippen molar-refractivity contribution in [1.29, 1.82) is 0 Å².